The smallest absolute Gasteiger partial charge is 0.283 e. The van der Waals surface area contributed by atoms with Crippen molar-refractivity contribution in [1.82, 2.24) is 9.78 Å². The minimum absolute atomic E-state index is 0.347. The number of halogens is 3. The Morgan fingerprint density at radius 3 is 2.55 bits per heavy atom. The van der Waals surface area contributed by atoms with Crippen molar-refractivity contribution >= 4 is 17.8 Å². The van der Waals surface area contributed by atoms with Crippen LogP contribution < -0.4 is 5.32 Å². The van der Waals surface area contributed by atoms with E-state index in [1.54, 1.807) is 48.5 Å². The monoisotopic (exact) mass is 402 g/mol. The zero-order valence-corrected chi connectivity index (χ0v) is 15.6. The molecule has 150 valence electrons. The van der Waals surface area contributed by atoms with Gasteiger partial charge in [0.15, 0.2) is 0 Å². The lowest BCUT2D eigenvalue weighted by molar-refractivity contribution is 0.100. The Hall–Kier alpha value is -3.62. The van der Waals surface area contributed by atoms with E-state index in [1.807, 2.05) is 0 Å². The van der Waals surface area contributed by atoms with Crippen molar-refractivity contribution in [3.8, 4) is 11.1 Å². The van der Waals surface area contributed by atoms with Crippen LogP contribution in [-0.4, -0.2) is 29.0 Å². The molecule has 6 nitrogen and oxygen atoms in total. The molecule has 0 radical (unpaired) electrons. The molecule has 0 fully saturated rings. The van der Waals surface area contributed by atoms with Crippen LogP contribution in [0.2, 0.25) is 0 Å². The largest absolute Gasteiger partial charge is 0.399 e. The van der Waals surface area contributed by atoms with E-state index in [1.165, 1.54) is 13.3 Å². The summed E-state index contributed by atoms with van der Waals surface area (Å²) in [4.78, 5) is 17.2. The molecule has 0 aliphatic rings. The molecule has 3 rings (SSSR count). The van der Waals surface area contributed by atoms with E-state index in [9.17, 15) is 18.0 Å². The maximum atomic E-state index is 14.2. The van der Waals surface area contributed by atoms with E-state index in [4.69, 9.17) is 0 Å². The van der Waals surface area contributed by atoms with E-state index in [-0.39, 0.29) is 0 Å². The summed E-state index contributed by atoms with van der Waals surface area (Å²) in [6.07, 6.45) is -1.54. The van der Waals surface area contributed by atoms with Crippen LogP contribution in [0.4, 0.5) is 18.9 Å². The first-order valence-corrected chi connectivity index (χ1v) is 8.50. The number of amides is 1. The lowest BCUT2D eigenvalue weighted by Crippen LogP contribution is -2.16. The van der Waals surface area contributed by atoms with Crippen LogP contribution in [0, 0.1) is 5.95 Å². The molecule has 0 atom stereocenters. The highest BCUT2D eigenvalue weighted by atomic mass is 19.3. The van der Waals surface area contributed by atoms with Crippen molar-refractivity contribution in [2.45, 2.75) is 6.43 Å². The molecule has 3 aromatic rings. The molecule has 1 aromatic heterocycles. The van der Waals surface area contributed by atoms with Gasteiger partial charge in [0.25, 0.3) is 12.3 Å². The SMILES string of the molecule is CON=Cc1ccc(-c2ccccc2NC(=O)c2c(C(F)F)nn(C)c2F)cc1. The first-order chi connectivity index (χ1) is 13.9. The van der Waals surface area contributed by atoms with Crippen molar-refractivity contribution in [2.24, 2.45) is 12.2 Å². The summed E-state index contributed by atoms with van der Waals surface area (Å²) in [6.45, 7) is 0. The third kappa shape index (κ3) is 4.29. The number of hydrogen-bond acceptors (Lipinski definition) is 4. The highest BCUT2D eigenvalue weighted by Crippen LogP contribution is 2.30. The fraction of sp³-hybridized carbons (Fsp3) is 0.150. The Morgan fingerprint density at radius 2 is 1.90 bits per heavy atom. The quantitative estimate of drug-likeness (QED) is 0.491. The van der Waals surface area contributed by atoms with E-state index >= 15 is 0 Å². The Morgan fingerprint density at radius 1 is 1.21 bits per heavy atom. The van der Waals surface area contributed by atoms with Crippen LogP contribution in [0.25, 0.3) is 11.1 Å². The van der Waals surface area contributed by atoms with Crippen LogP contribution in [0.5, 0.6) is 0 Å². The zero-order valence-electron chi connectivity index (χ0n) is 15.6. The molecule has 2 aromatic carbocycles. The molecule has 1 N–H and O–H groups in total. The number of alkyl halides is 2. The fourth-order valence-corrected chi connectivity index (χ4v) is 2.78. The highest BCUT2D eigenvalue weighted by molar-refractivity contribution is 6.07. The second kappa shape index (κ2) is 8.59. The number of aromatic nitrogens is 2. The van der Waals surface area contributed by atoms with E-state index in [0.717, 1.165) is 18.2 Å². The molecular weight excluding hydrogens is 385 g/mol. The van der Waals surface area contributed by atoms with Gasteiger partial charge in [-0.1, -0.05) is 47.6 Å². The normalized spacial score (nSPS) is 11.2. The second-order valence-electron chi connectivity index (χ2n) is 6.01. The Labute approximate surface area is 164 Å². The van der Waals surface area contributed by atoms with Crippen LogP contribution >= 0.6 is 0 Å². The minimum atomic E-state index is -3.08. The lowest BCUT2D eigenvalue weighted by atomic mass is 10.0. The van der Waals surface area contributed by atoms with Crippen molar-refractivity contribution in [3.63, 3.8) is 0 Å². The Bertz CT molecular complexity index is 1050. The third-order valence-corrected chi connectivity index (χ3v) is 4.14. The van der Waals surface area contributed by atoms with Gasteiger partial charge in [0.1, 0.15) is 18.4 Å². The van der Waals surface area contributed by atoms with Crippen molar-refractivity contribution in [1.29, 1.82) is 0 Å². The van der Waals surface area contributed by atoms with Gasteiger partial charge in [0.05, 0.1) is 6.21 Å². The number of carbonyl (C=O) groups excluding carboxylic acids is 1. The van der Waals surface area contributed by atoms with E-state index in [2.05, 4.69) is 20.4 Å². The Balaban J connectivity index is 1.92. The number of rotatable bonds is 6. The summed E-state index contributed by atoms with van der Waals surface area (Å²) in [5.74, 6) is -2.13. The molecule has 0 aliphatic heterocycles. The summed E-state index contributed by atoms with van der Waals surface area (Å²) < 4.78 is 41.1. The van der Waals surface area contributed by atoms with E-state index < -0.39 is 29.5 Å². The predicted molar refractivity (Wildman–Crippen MR) is 103 cm³/mol. The average molecular weight is 402 g/mol. The first-order valence-electron chi connectivity index (χ1n) is 8.50. The summed E-state index contributed by atoms with van der Waals surface area (Å²) in [5.41, 5.74) is 0.871. The lowest BCUT2D eigenvalue weighted by Gasteiger charge is -2.11. The summed E-state index contributed by atoms with van der Waals surface area (Å²) in [5, 5.41) is 9.59. The van der Waals surface area contributed by atoms with Gasteiger partial charge in [0, 0.05) is 18.3 Å². The van der Waals surface area contributed by atoms with Gasteiger partial charge in [-0.2, -0.15) is 9.49 Å². The maximum absolute atomic E-state index is 14.2. The van der Waals surface area contributed by atoms with Crippen molar-refractivity contribution < 1.29 is 22.8 Å². The van der Waals surface area contributed by atoms with Crippen LogP contribution in [-0.2, 0) is 11.9 Å². The summed E-state index contributed by atoms with van der Waals surface area (Å²) in [7, 11) is 2.59. The van der Waals surface area contributed by atoms with Crippen molar-refractivity contribution in [3.05, 3.63) is 71.3 Å². The molecule has 1 heterocycles. The number of carbonyl (C=O) groups is 1. The molecular formula is C20H17F3N4O2. The number of nitrogens with zero attached hydrogens (tertiary/aromatic N) is 3. The molecule has 29 heavy (non-hydrogen) atoms. The standard InChI is InChI=1S/C20H17F3N4O2/c1-27-19(23)16(17(26-27)18(21)22)20(28)25-15-6-4-3-5-14(15)13-9-7-12(8-10-13)11-24-29-2/h3-11,18H,1-2H3,(H,25,28). The number of nitrogens with one attached hydrogen (secondary N) is 1. The second-order valence-corrected chi connectivity index (χ2v) is 6.01. The number of anilines is 1. The number of hydrogen-bond donors (Lipinski definition) is 1. The highest BCUT2D eigenvalue weighted by Gasteiger charge is 2.28. The zero-order chi connectivity index (χ0) is 21.0. The van der Waals surface area contributed by atoms with Gasteiger partial charge in [-0.15, -0.1) is 0 Å². The van der Waals surface area contributed by atoms with Gasteiger partial charge >= 0.3 is 0 Å². The van der Waals surface area contributed by atoms with Crippen LogP contribution in [0.3, 0.4) is 0 Å². The summed E-state index contributed by atoms with van der Waals surface area (Å²) in [6, 6.07) is 14.0. The maximum Gasteiger partial charge on any atom is 0.283 e. The predicted octanol–water partition coefficient (Wildman–Crippen LogP) is 4.40. The van der Waals surface area contributed by atoms with Gasteiger partial charge in [-0.3, -0.25) is 4.79 Å². The number of benzene rings is 2. The molecule has 0 aliphatic carbocycles. The molecule has 0 spiro atoms. The Kier molecular flexibility index (Phi) is 5.96. The minimum Gasteiger partial charge on any atom is -0.399 e. The van der Waals surface area contributed by atoms with Gasteiger partial charge in [-0.05, 0) is 17.2 Å². The topological polar surface area (TPSA) is 68.5 Å². The molecule has 0 saturated carbocycles. The van der Waals surface area contributed by atoms with Gasteiger partial charge < -0.3 is 10.2 Å². The van der Waals surface area contributed by atoms with Gasteiger partial charge in [-0.25, -0.2) is 13.5 Å². The fourth-order valence-electron chi connectivity index (χ4n) is 2.78. The number of oxime groups is 1. The van der Waals surface area contributed by atoms with Crippen LogP contribution in [0.15, 0.2) is 53.7 Å². The first kappa shape index (κ1) is 20.1. The summed E-state index contributed by atoms with van der Waals surface area (Å²) >= 11 is 0. The molecule has 0 unspecified atom stereocenters. The molecule has 0 bridgehead atoms. The van der Waals surface area contributed by atoms with E-state index in [0.29, 0.717) is 15.9 Å². The molecule has 9 heteroatoms. The third-order valence-electron chi connectivity index (χ3n) is 4.14. The number of aryl methyl sites for hydroxylation is 1. The van der Waals surface area contributed by atoms with Gasteiger partial charge in [0.2, 0.25) is 5.95 Å². The average Bonchev–Trinajstić information content (AvgIpc) is 3.02. The van der Waals surface area contributed by atoms with Crippen LogP contribution in [0.1, 0.15) is 28.0 Å². The molecule has 1 amide bonds. The molecule has 0 saturated heterocycles. The van der Waals surface area contributed by atoms with Crippen molar-refractivity contribution in [2.75, 3.05) is 12.4 Å². The number of para-hydroxylation sites is 1.